The number of nitrogens with one attached hydrogen (secondary N) is 3. The number of carbonyl (C=O) groups excluding carboxylic acids is 1. The minimum atomic E-state index is -1.20. The lowest BCUT2D eigenvalue weighted by Crippen LogP contribution is -2.66. The molecule has 0 radical (unpaired) electrons. The number of carbonyl (C=O) groups is 2. The summed E-state index contributed by atoms with van der Waals surface area (Å²) in [4.78, 5) is 40.5. The van der Waals surface area contributed by atoms with E-state index in [0.717, 1.165) is 11.9 Å². The number of aliphatic carboxylic acids is 1. The van der Waals surface area contributed by atoms with Gasteiger partial charge in [-0.15, -0.1) is 0 Å². The highest BCUT2D eigenvalue weighted by Crippen LogP contribution is 2.08. The number of amides is 1. The van der Waals surface area contributed by atoms with Gasteiger partial charge in [0.25, 0.3) is 5.91 Å². The Morgan fingerprint density at radius 1 is 1.24 bits per heavy atom. The Balaban J connectivity index is 2.25. The van der Waals surface area contributed by atoms with E-state index in [1.54, 1.807) is 0 Å². The molecule has 8 nitrogen and oxygen atoms in total. The molecule has 0 bridgehead atoms. The molecule has 8 heteroatoms. The van der Waals surface area contributed by atoms with Crippen molar-refractivity contribution in [2.45, 2.75) is 12.8 Å². The second kappa shape index (κ2) is 8.44. The van der Waals surface area contributed by atoms with E-state index in [1.165, 1.54) is 6.07 Å². The molecular weight excluding hydrogens is 324 g/mol. The molecule has 0 aliphatic heterocycles. The van der Waals surface area contributed by atoms with Gasteiger partial charge in [0.2, 0.25) is 11.2 Å². The normalized spacial score (nSPS) is 10.7. The summed E-state index contributed by atoms with van der Waals surface area (Å²) in [6.45, 7) is -0.584. The van der Waals surface area contributed by atoms with Gasteiger partial charge in [-0.2, -0.15) is 0 Å². The molecule has 6 N–H and O–H groups in total. The van der Waals surface area contributed by atoms with Gasteiger partial charge in [0.15, 0.2) is 11.9 Å². The maximum absolute atomic E-state index is 12.3. The van der Waals surface area contributed by atoms with E-state index in [4.69, 9.17) is 10.8 Å². The zero-order valence-electron chi connectivity index (χ0n) is 13.4. The van der Waals surface area contributed by atoms with Crippen LogP contribution in [0.15, 0.2) is 41.2 Å². The van der Waals surface area contributed by atoms with Crippen LogP contribution in [-0.2, 0) is 17.6 Å². The molecule has 0 aliphatic rings. The smallest absolute Gasteiger partial charge is 0.322 e. The van der Waals surface area contributed by atoms with Crippen LogP contribution in [0.4, 0.5) is 5.82 Å². The first kappa shape index (κ1) is 17.9. The average Bonchev–Trinajstić information content (AvgIpc) is 2.59. The van der Waals surface area contributed by atoms with Crippen LogP contribution < -0.4 is 21.5 Å². The molecule has 1 aromatic heterocycles. The van der Waals surface area contributed by atoms with Crippen LogP contribution in [-0.4, -0.2) is 34.9 Å². The van der Waals surface area contributed by atoms with E-state index < -0.39 is 23.9 Å². The number of rotatable bonds is 7. The molecule has 0 atom stereocenters. The maximum atomic E-state index is 12.3. The first-order valence-corrected chi connectivity index (χ1v) is 7.61. The number of aryl methyl sites for hydroxylation is 2. The molecule has 0 saturated heterocycles. The van der Waals surface area contributed by atoms with E-state index in [0.29, 0.717) is 18.5 Å². The maximum Gasteiger partial charge on any atom is 0.322 e. The van der Waals surface area contributed by atoms with Gasteiger partial charge in [0, 0.05) is 12.5 Å². The fourth-order valence-electron chi connectivity index (χ4n) is 2.33. The number of hydrogen-bond donors (Lipinski definition) is 5. The Kier molecular flexibility index (Phi) is 6.05. The molecular formula is C17H19N4O4+. The molecule has 2 aromatic rings. The number of nitrogens with two attached hydrogens (primary N) is 1. The third-order valence-electron chi connectivity index (χ3n) is 3.47. The Bertz CT molecular complexity index is 843. The number of aromatic nitrogens is 1. The Labute approximate surface area is 143 Å². The van der Waals surface area contributed by atoms with Crippen molar-refractivity contribution in [1.29, 1.82) is 0 Å². The van der Waals surface area contributed by atoms with Crippen LogP contribution in [0.1, 0.15) is 21.6 Å². The lowest BCUT2D eigenvalue weighted by molar-refractivity contribution is -0.354. The molecule has 1 heterocycles. The fraction of sp³-hybridized carbons (Fsp3) is 0.176. The molecule has 25 heavy (non-hydrogen) atoms. The van der Waals surface area contributed by atoms with Crippen molar-refractivity contribution in [1.82, 2.24) is 10.3 Å². The fourth-order valence-corrected chi connectivity index (χ4v) is 2.33. The third kappa shape index (κ3) is 5.03. The van der Waals surface area contributed by atoms with Gasteiger partial charge in [-0.3, -0.25) is 24.4 Å². The number of hydrogen-bond acceptors (Lipinski definition) is 3. The van der Waals surface area contributed by atoms with Crippen molar-refractivity contribution in [3.05, 3.63) is 63.4 Å². The lowest BCUT2D eigenvalue weighted by Gasteiger charge is -2.06. The summed E-state index contributed by atoms with van der Waals surface area (Å²) in [5.74, 6) is -1.87. The second-order valence-corrected chi connectivity index (χ2v) is 5.28. The van der Waals surface area contributed by atoms with Gasteiger partial charge in [0.1, 0.15) is 6.54 Å². The van der Waals surface area contributed by atoms with Crippen molar-refractivity contribution in [2.24, 2.45) is 5.73 Å². The standard InChI is InChI=1S/C17H18N4O4/c18-10-20-16-15(17(25)19-9-14(23)24)13(22)8-12(21-16)7-6-11-4-2-1-3-5-11/h1-5,8,10H,6-7,9H2,(H,19,25)(H,23,24)(H3,18,20,21,22)/p+1. The van der Waals surface area contributed by atoms with Gasteiger partial charge in [0.05, 0.1) is 5.69 Å². The lowest BCUT2D eigenvalue weighted by atomic mass is 10.1. The van der Waals surface area contributed by atoms with Crippen molar-refractivity contribution in [3.8, 4) is 0 Å². The number of carboxylic acid groups (broad SMARTS) is 1. The van der Waals surface area contributed by atoms with Gasteiger partial charge in [-0.1, -0.05) is 30.3 Å². The van der Waals surface area contributed by atoms with Crippen LogP contribution in [0.2, 0.25) is 0 Å². The first-order valence-electron chi connectivity index (χ1n) is 7.61. The van der Waals surface area contributed by atoms with Crippen LogP contribution in [0, 0.1) is 0 Å². The summed E-state index contributed by atoms with van der Waals surface area (Å²) < 4.78 is 0. The first-order chi connectivity index (χ1) is 12.0. The molecule has 0 saturated carbocycles. The number of pyridine rings is 1. The van der Waals surface area contributed by atoms with Crippen molar-refractivity contribution >= 4 is 24.0 Å². The molecule has 1 aromatic carbocycles. The summed E-state index contributed by atoms with van der Waals surface area (Å²) in [5.41, 5.74) is 6.35. The highest BCUT2D eigenvalue weighted by Gasteiger charge is 2.20. The monoisotopic (exact) mass is 343 g/mol. The number of H-pyrrole nitrogens is 1. The SMILES string of the molecule is N/C=[NH+]\c1[nH]c(CCc2ccccc2)cc(=O)c1C(=O)NCC(=O)O. The molecule has 0 spiro atoms. The number of carboxylic acids is 1. The van der Waals surface area contributed by atoms with Gasteiger partial charge in [-0.05, 0) is 12.0 Å². The summed E-state index contributed by atoms with van der Waals surface area (Å²) in [5, 5.41) is 10.8. The highest BCUT2D eigenvalue weighted by molar-refractivity contribution is 5.98. The molecule has 2 rings (SSSR count). The van der Waals surface area contributed by atoms with Gasteiger partial charge < -0.3 is 16.2 Å². The third-order valence-corrected chi connectivity index (χ3v) is 3.47. The largest absolute Gasteiger partial charge is 0.480 e. The quantitative estimate of drug-likeness (QED) is 0.313. The second-order valence-electron chi connectivity index (χ2n) is 5.28. The summed E-state index contributed by atoms with van der Waals surface area (Å²) in [6, 6.07) is 11.1. The summed E-state index contributed by atoms with van der Waals surface area (Å²) in [6.07, 6.45) is 2.36. The predicted octanol–water partition coefficient (Wildman–Crippen LogP) is -1.33. The van der Waals surface area contributed by atoms with E-state index in [1.807, 2.05) is 30.3 Å². The molecule has 0 unspecified atom stereocenters. The topological polar surface area (TPSA) is 139 Å². The molecule has 0 aliphatic carbocycles. The minimum absolute atomic E-state index is 0.126. The van der Waals surface area contributed by atoms with Gasteiger partial charge >= 0.3 is 5.97 Å². The van der Waals surface area contributed by atoms with E-state index >= 15 is 0 Å². The van der Waals surface area contributed by atoms with Crippen LogP contribution >= 0.6 is 0 Å². The minimum Gasteiger partial charge on any atom is -0.480 e. The summed E-state index contributed by atoms with van der Waals surface area (Å²) in [7, 11) is 0. The Morgan fingerprint density at radius 3 is 2.60 bits per heavy atom. The van der Waals surface area contributed by atoms with E-state index in [-0.39, 0.29) is 11.4 Å². The van der Waals surface area contributed by atoms with Crippen molar-refractivity contribution in [3.63, 3.8) is 0 Å². The summed E-state index contributed by atoms with van der Waals surface area (Å²) >= 11 is 0. The Morgan fingerprint density at radius 2 is 1.96 bits per heavy atom. The van der Waals surface area contributed by atoms with Crippen LogP contribution in [0.25, 0.3) is 0 Å². The molecule has 130 valence electrons. The number of benzene rings is 1. The molecule has 0 fully saturated rings. The average molecular weight is 343 g/mol. The molecule has 1 amide bonds. The highest BCUT2D eigenvalue weighted by atomic mass is 16.4. The van der Waals surface area contributed by atoms with Crippen LogP contribution in [0.3, 0.4) is 0 Å². The zero-order chi connectivity index (χ0) is 18.2. The van der Waals surface area contributed by atoms with E-state index in [9.17, 15) is 14.4 Å². The van der Waals surface area contributed by atoms with Crippen LogP contribution in [0.5, 0.6) is 0 Å². The number of aromatic amines is 1. The van der Waals surface area contributed by atoms with Crippen molar-refractivity contribution < 1.29 is 19.7 Å². The van der Waals surface area contributed by atoms with Gasteiger partial charge in [-0.25, -0.2) is 0 Å². The van der Waals surface area contributed by atoms with Crippen molar-refractivity contribution in [2.75, 3.05) is 6.54 Å². The van der Waals surface area contributed by atoms with E-state index in [2.05, 4.69) is 15.3 Å². The predicted molar refractivity (Wildman–Crippen MR) is 91.8 cm³/mol. The Hall–Kier alpha value is -3.42. The zero-order valence-corrected chi connectivity index (χ0v) is 13.4.